The maximum Gasteiger partial charge on any atom is 0.191 e. The lowest BCUT2D eigenvalue weighted by Gasteiger charge is -2.21. The smallest absolute Gasteiger partial charge is 0.191 e. The first kappa shape index (κ1) is 20.2. The molecule has 0 spiro atoms. The van der Waals surface area contributed by atoms with E-state index in [4.69, 9.17) is 9.47 Å². The summed E-state index contributed by atoms with van der Waals surface area (Å²) in [5, 5.41) is 6.77. The summed E-state index contributed by atoms with van der Waals surface area (Å²) in [5.74, 6) is 1.35. The first-order valence-electron chi connectivity index (χ1n) is 8.83. The van der Waals surface area contributed by atoms with Crippen LogP contribution in [0.25, 0.3) is 0 Å². The molecular formula is C18H27FIN3O2. The predicted octanol–water partition coefficient (Wildman–Crippen LogP) is 3.35. The van der Waals surface area contributed by atoms with Gasteiger partial charge in [-0.3, -0.25) is 4.99 Å². The molecule has 1 heterocycles. The number of aliphatic imine (C=N–C) groups is 1. The second-order valence-electron chi connectivity index (χ2n) is 6.30. The van der Waals surface area contributed by atoms with Crippen LogP contribution in [-0.2, 0) is 17.8 Å². The number of hydrogen-bond donors (Lipinski definition) is 2. The normalized spacial score (nSPS) is 17.4. The van der Waals surface area contributed by atoms with Crippen molar-refractivity contribution in [3.8, 4) is 5.75 Å². The number of halogens is 2. The summed E-state index contributed by atoms with van der Waals surface area (Å²) in [6.45, 7) is 4.09. The molecule has 0 atom stereocenters. The lowest BCUT2D eigenvalue weighted by molar-refractivity contribution is -0.0172. The molecule has 1 aliphatic carbocycles. The first-order chi connectivity index (χ1) is 11.8. The van der Waals surface area contributed by atoms with E-state index in [1.165, 1.54) is 37.8 Å². The van der Waals surface area contributed by atoms with Gasteiger partial charge in [-0.15, -0.1) is 24.0 Å². The first-order valence-corrected chi connectivity index (χ1v) is 8.83. The molecule has 0 unspecified atom stereocenters. The molecule has 2 N–H and O–H groups in total. The molecule has 1 saturated carbocycles. The Morgan fingerprint density at radius 2 is 2.12 bits per heavy atom. The average Bonchev–Trinajstić information content (AvgIpc) is 3.08. The van der Waals surface area contributed by atoms with Crippen molar-refractivity contribution in [3.63, 3.8) is 0 Å². The van der Waals surface area contributed by atoms with Crippen molar-refractivity contribution in [2.24, 2.45) is 4.99 Å². The van der Waals surface area contributed by atoms with Gasteiger partial charge in [0.2, 0.25) is 0 Å². The van der Waals surface area contributed by atoms with Gasteiger partial charge in [0.1, 0.15) is 11.6 Å². The molecule has 7 heteroatoms. The van der Waals surface area contributed by atoms with Gasteiger partial charge in [-0.2, -0.15) is 0 Å². The number of fused-ring (bicyclic) bond motifs is 1. The molecule has 0 radical (unpaired) electrons. The third kappa shape index (κ3) is 5.70. The zero-order chi connectivity index (χ0) is 16.8. The Bertz CT molecular complexity index is 592. The number of guanidine groups is 1. The molecule has 5 nitrogen and oxygen atoms in total. The number of benzene rings is 1. The molecule has 0 amide bonds. The minimum absolute atomic E-state index is 0. The molecule has 3 rings (SSSR count). The van der Waals surface area contributed by atoms with Crippen LogP contribution in [0.4, 0.5) is 4.39 Å². The monoisotopic (exact) mass is 463 g/mol. The van der Waals surface area contributed by atoms with Crippen molar-refractivity contribution >= 4 is 29.9 Å². The third-order valence-corrected chi connectivity index (χ3v) is 4.44. The largest absolute Gasteiger partial charge is 0.467 e. The highest BCUT2D eigenvalue weighted by Gasteiger charge is 2.18. The van der Waals surface area contributed by atoms with Gasteiger partial charge in [0.05, 0.1) is 6.61 Å². The molecule has 1 fully saturated rings. The minimum Gasteiger partial charge on any atom is -0.467 e. The molecule has 140 valence electrons. The van der Waals surface area contributed by atoms with Crippen LogP contribution in [-0.4, -0.2) is 31.9 Å². The Morgan fingerprint density at radius 3 is 2.88 bits per heavy atom. The van der Waals surface area contributed by atoms with Crippen LogP contribution in [0.3, 0.4) is 0 Å². The zero-order valence-electron chi connectivity index (χ0n) is 14.6. The van der Waals surface area contributed by atoms with Crippen LogP contribution in [0.2, 0.25) is 0 Å². The maximum absolute atomic E-state index is 13.8. The van der Waals surface area contributed by atoms with Crippen molar-refractivity contribution in [2.75, 3.05) is 19.9 Å². The Labute approximate surface area is 165 Å². The van der Waals surface area contributed by atoms with E-state index in [0.29, 0.717) is 25.6 Å². The van der Waals surface area contributed by atoms with E-state index >= 15 is 0 Å². The van der Waals surface area contributed by atoms with Crippen LogP contribution >= 0.6 is 24.0 Å². The lowest BCUT2D eigenvalue weighted by atomic mass is 10.1. The van der Waals surface area contributed by atoms with E-state index in [1.54, 1.807) is 0 Å². The second-order valence-corrected chi connectivity index (χ2v) is 6.30. The fraction of sp³-hybridized carbons (Fsp3) is 0.611. The summed E-state index contributed by atoms with van der Waals surface area (Å²) >= 11 is 0. The minimum atomic E-state index is -0.252. The van der Waals surface area contributed by atoms with Crippen LogP contribution in [0.15, 0.2) is 17.1 Å². The maximum atomic E-state index is 13.8. The number of nitrogens with zero attached hydrogens (tertiary/aromatic N) is 1. The highest BCUT2D eigenvalue weighted by atomic mass is 127. The standard InChI is InChI=1S/C18H26FN3O2.HI/c1-2-20-18(22-16-5-3-4-6-16)21-8-7-13-9-15(19)10-14-11-23-12-24-17(13)14;/h9-10,16H,2-8,11-12H2,1H3,(H2,20,21,22);1H. The van der Waals surface area contributed by atoms with E-state index < -0.39 is 0 Å². The van der Waals surface area contributed by atoms with E-state index in [9.17, 15) is 4.39 Å². The predicted molar refractivity (Wildman–Crippen MR) is 107 cm³/mol. The second kappa shape index (κ2) is 10.2. The van der Waals surface area contributed by atoms with E-state index in [2.05, 4.69) is 22.5 Å². The molecular weight excluding hydrogens is 436 g/mol. The topological polar surface area (TPSA) is 54.9 Å². The van der Waals surface area contributed by atoms with Crippen molar-refractivity contribution in [1.82, 2.24) is 10.6 Å². The van der Waals surface area contributed by atoms with Gasteiger partial charge in [-0.05, 0) is 43.9 Å². The van der Waals surface area contributed by atoms with Gasteiger partial charge in [-0.25, -0.2) is 4.39 Å². The van der Waals surface area contributed by atoms with Gasteiger partial charge in [0, 0.05) is 24.7 Å². The van der Waals surface area contributed by atoms with Gasteiger partial charge >= 0.3 is 0 Å². The van der Waals surface area contributed by atoms with Crippen molar-refractivity contribution in [1.29, 1.82) is 0 Å². The Balaban J connectivity index is 0.00000225. The third-order valence-electron chi connectivity index (χ3n) is 4.44. The quantitative estimate of drug-likeness (QED) is 0.400. The summed E-state index contributed by atoms with van der Waals surface area (Å²) in [4.78, 5) is 4.64. The number of ether oxygens (including phenoxy) is 2. The van der Waals surface area contributed by atoms with Crippen LogP contribution < -0.4 is 15.4 Å². The van der Waals surface area contributed by atoms with Gasteiger partial charge in [0.25, 0.3) is 0 Å². The summed E-state index contributed by atoms with van der Waals surface area (Å²) in [6.07, 6.45) is 5.62. The van der Waals surface area contributed by atoms with Gasteiger partial charge in [-0.1, -0.05) is 12.8 Å². The summed E-state index contributed by atoms with van der Waals surface area (Å²) in [7, 11) is 0. The summed E-state index contributed by atoms with van der Waals surface area (Å²) in [5.41, 5.74) is 1.63. The van der Waals surface area contributed by atoms with Crippen LogP contribution in [0.1, 0.15) is 43.7 Å². The fourth-order valence-electron chi connectivity index (χ4n) is 3.31. The molecule has 0 aromatic heterocycles. The SMILES string of the molecule is CCNC(=NCCc1cc(F)cc2c1OCOC2)NC1CCCC1.I. The van der Waals surface area contributed by atoms with E-state index in [-0.39, 0.29) is 36.6 Å². The lowest BCUT2D eigenvalue weighted by Crippen LogP contribution is -2.42. The zero-order valence-corrected chi connectivity index (χ0v) is 17.0. The number of rotatable bonds is 5. The fourth-order valence-corrected chi connectivity index (χ4v) is 3.31. The van der Waals surface area contributed by atoms with Crippen molar-refractivity contribution in [3.05, 3.63) is 29.1 Å². The molecule has 0 saturated heterocycles. The molecule has 0 bridgehead atoms. The molecule has 2 aliphatic rings. The molecule has 1 aromatic rings. The Morgan fingerprint density at radius 1 is 1.32 bits per heavy atom. The molecule has 25 heavy (non-hydrogen) atoms. The highest BCUT2D eigenvalue weighted by molar-refractivity contribution is 14.0. The van der Waals surface area contributed by atoms with Crippen LogP contribution in [0, 0.1) is 5.82 Å². The van der Waals surface area contributed by atoms with Gasteiger partial charge < -0.3 is 20.1 Å². The Hall–Kier alpha value is -1.09. The average molecular weight is 463 g/mol. The van der Waals surface area contributed by atoms with Gasteiger partial charge in [0.15, 0.2) is 12.8 Å². The molecule has 1 aromatic carbocycles. The van der Waals surface area contributed by atoms with Crippen LogP contribution in [0.5, 0.6) is 5.75 Å². The highest BCUT2D eigenvalue weighted by Crippen LogP contribution is 2.29. The molecule has 1 aliphatic heterocycles. The summed E-state index contributed by atoms with van der Waals surface area (Å²) < 4.78 is 24.5. The van der Waals surface area contributed by atoms with Crippen molar-refractivity contribution < 1.29 is 13.9 Å². The number of nitrogens with one attached hydrogen (secondary N) is 2. The Kier molecular flexibility index (Phi) is 8.21. The van der Waals surface area contributed by atoms with E-state index in [1.807, 2.05) is 0 Å². The van der Waals surface area contributed by atoms with E-state index in [0.717, 1.165) is 29.4 Å². The van der Waals surface area contributed by atoms with Crippen molar-refractivity contribution in [2.45, 2.75) is 51.7 Å². The number of hydrogen-bond acceptors (Lipinski definition) is 3. The summed E-state index contributed by atoms with van der Waals surface area (Å²) in [6, 6.07) is 3.54.